The lowest BCUT2D eigenvalue weighted by Crippen LogP contribution is -2.26. The van der Waals surface area contributed by atoms with Gasteiger partial charge in [-0.15, -0.1) is 0 Å². The predicted molar refractivity (Wildman–Crippen MR) is 122 cm³/mol. The number of benzene rings is 2. The number of nitro benzene ring substituents is 1. The van der Waals surface area contributed by atoms with E-state index in [0.717, 1.165) is 5.56 Å². The quantitative estimate of drug-likeness (QED) is 0.232. The first-order valence-electron chi connectivity index (χ1n) is 10.00. The molecule has 1 aromatic heterocycles. The normalized spacial score (nSPS) is 10.9. The number of hydrogen-bond donors (Lipinski definition) is 1. The van der Waals surface area contributed by atoms with Gasteiger partial charge < -0.3 is 19.4 Å². The molecular formula is C24H22N4O5. The fourth-order valence-electron chi connectivity index (χ4n) is 3.23. The Hall–Kier alpha value is -4.58. The Labute approximate surface area is 190 Å². The summed E-state index contributed by atoms with van der Waals surface area (Å²) in [5.74, 6) is 0.733. The Morgan fingerprint density at radius 1 is 1.15 bits per heavy atom. The molecule has 0 fully saturated rings. The Kier molecular flexibility index (Phi) is 7.44. The van der Waals surface area contributed by atoms with Crippen molar-refractivity contribution in [3.05, 3.63) is 87.7 Å². The van der Waals surface area contributed by atoms with E-state index in [4.69, 9.17) is 9.47 Å². The van der Waals surface area contributed by atoms with Crippen LogP contribution in [0.4, 0.5) is 5.69 Å². The molecule has 3 rings (SSSR count). The van der Waals surface area contributed by atoms with E-state index >= 15 is 0 Å². The van der Waals surface area contributed by atoms with E-state index in [1.54, 1.807) is 55.3 Å². The molecule has 3 aromatic rings. The molecule has 0 radical (unpaired) electrons. The van der Waals surface area contributed by atoms with Crippen LogP contribution in [0.1, 0.15) is 11.3 Å². The number of non-ortho nitro benzene ring substituents is 1. The zero-order valence-electron chi connectivity index (χ0n) is 18.1. The second-order valence-corrected chi connectivity index (χ2v) is 6.94. The van der Waals surface area contributed by atoms with Crippen molar-refractivity contribution in [3.8, 4) is 23.3 Å². The molecule has 1 heterocycles. The van der Waals surface area contributed by atoms with Crippen LogP contribution in [0.15, 0.2) is 66.4 Å². The first kappa shape index (κ1) is 23.1. The highest BCUT2D eigenvalue weighted by Gasteiger charge is 2.12. The van der Waals surface area contributed by atoms with Gasteiger partial charge in [0.2, 0.25) is 0 Å². The Balaban J connectivity index is 1.69. The third-order valence-corrected chi connectivity index (χ3v) is 4.92. The molecule has 0 aliphatic rings. The minimum atomic E-state index is -0.491. The van der Waals surface area contributed by atoms with Gasteiger partial charge in [-0.25, -0.2) is 0 Å². The van der Waals surface area contributed by atoms with Crippen LogP contribution in [0.2, 0.25) is 0 Å². The lowest BCUT2D eigenvalue weighted by atomic mass is 10.1. The summed E-state index contributed by atoms with van der Waals surface area (Å²) in [6, 6.07) is 17.0. The van der Waals surface area contributed by atoms with Gasteiger partial charge in [0.1, 0.15) is 11.6 Å². The topological polar surface area (TPSA) is 119 Å². The van der Waals surface area contributed by atoms with Crippen LogP contribution in [0, 0.1) is 21.4 Å². The van der Waals surface area contributed by atoms with Gasteiger partial charge in [-0.05, 0) is 54.5 Å². The van der Waals surface area contributed by atoms with E-state index < -0.39 is 10.8 Å². The zero-order valence-corrected chi connectivity index (χ0v) is 18.1. The van der Waals surface area contributed by atoms with E-state index in [9.17, 15) is 20.2 Å². The maximum absolute atomic E-state index is 12.6. The van der Waals surface area contributed by atoms with Gasteiger partial charge in [-0.3, -0.25) is 14.9 Å². The fraction of sp³-hybridized carbons (Fsp3) is 0.167. The summed E-state index contributed by atoms with van der Waals surface area (Å²) in [4.78, 5) is 22.9. The molecule has 0 aliphatic heterocycles. The fourth-order valence-corrected chi connectivity index (χ4v) is 3.23. The zero-order chi connectivity index (χ0) is 23.8. The second-order valence-electron chi connectivity index (χ2n) is 6.94. The van der Waals surface area contributed by atoms with Crippen molar-refractivity contribution >= 4 is 17.7 Å². The number of nitriles is 1. The van der Waals surface area contributed by atoms with Crippen LogP contribution in [0.25, 0.3) is 11.8 Å². The van der Waals surface area contributed by atoms with E-state index in [2.05, 4.69) is 5.32 Å². The van der Waals surface area contributed by atoms with Crippen molar-refractivity contribution in [1.29, 1.82) is 5.26 Å². The van der Waals surface area contributed by atoms with Gasteiger partial charge in [0.25, 0.3) is 11.6 Å². The number of nitro groups is 1. The largest absolute Gasteiger partial charge is 0.493 e. The molecule has 1 amide bonds. The van der Waals surface area contributed by atoms with Crippen molar-refractivity contribution < 1.29 is 19.2 Å². The van der Waals surface area contributed by atoms with E-state index in [1.807, 2.05) is 18.2 Å². The molecule has 9 heteroatoms. The van der Waals surface area contributed by atoms with Gasteiger partial charge in [0, 0.05) is 36.3 Å². The smallest absolute Gasteiger partial charge is 0.269 e. The third kappa shape index (κ3) is 5.57. The summed E-state index contributed by atoms with van der Waals surface area (Å²) in [6.07, 6.45) is 3.77. The number of nitrogens with one attached hydrogen (secondary N) is 1. The van der Waals surface area contributed by atoms with Gasteiger partial charge >= 0.3 is 0 Å². The molecule has 9 nitrogen and oxygen atoms in total. The first-order chi connectivity index (χ1) is 16.0. The summed E-state index contributed by atoms with van der Waals surface area (Å²) >= 11 is 0. The van der Waals surface area contributed by atoms with Crippen molar-refractivity contribution in [2.75, 3.05) is 20.8 Å². The minimum Gasteiger partial charge on any atom is -0.493 e. The SMILES string of the molecule is COc1ccc(CCNC(=O)/C(C#N)=C/c2cccn2-c2ccc([N+](=O)[O-])cc2)cc1OC. The number of methoxy groups -OCH3 is 2. The number of carbonyl (C=O) groups is 1. The molecule has 0 unspecified atom stereocenters. The minimum absolute atomic E-state index is 0.0189. The average molecular weight is 446 g/mol. The molecule has 0 saturated carbocycles. The summed E-state index contributed by atoms with van der Waals surface area (Å²) in [7, 11) is 3.12. The lowest BCUT2D eigenvalue weighted by molar-refractivity contribution is -0.384. The number of nitrogens with zero attached hydrogens (tertiary/aromatic N) is 3. The molecule has 0 saturated heterocycles. The van der Waals surface area contributed by atoms with E-state index in [1.165, 1.54) is 18.2 Å². The summed E-state index contributed by atoms with van der Waals surface area (Å²) in [5, 5.41) is 23.1. The summed E-state index contributed by atoms with van der Waals surface area (Å²) in [5.41, 5.74) is 2.14. The highest BCUT2D eigenvalue weighted by Crippen LogP contribution is 2.27. The summed E-state index contributed by atoms with van der Waals surface area (Å²) < 4.78 is 12.2. The molecule has 0 atom stereocenters. The molecule has 33 heavy (non-hydrogen) atoms. The number of ether oxygens (including phenoxy) is 2. The van der Waals surface area contributed by atoms with Crippen LogP contribution in [0.3, 0.4) is 0 Å². The van der Waals surface area contributed by atoms with Gasteiger partial charge in [0.05, 0.1) is 19.1 Å². The van der Waals surface area contributed by atoms with Gasteiger partial charge in [-0.1, -0.05) is 6.07 Å². The lowest BCUT2D eigenvalue weighted by Gasteiger charge is -2.10. The number of aromatic nitrogens is 1. The molecule has 0 spiro atoms. The van der Waals surface area contributed by atoms with E-state index in [-0.39, 0.29) is 11.3 Å². The van der Waals surface area contributed by atoms with Crippen molar-refractivity contribution in [2.24, 2.45) is 0 Å². The van der Waals surface area contributed by atoms with Crippen molar-refractivity contribution in [2.45, 2.75) is 6.42 Å². The molecule has 0 aliphatic carbocycles. The number of amides is 1. The summed E-state index contributed by atoms with van der Waals surface area (Å²) in [6.45, 7) is 0.330. The monoisotopic (exact) mass is 446 g/mol. The van der Waals surface area contributed by atoms with Crippen LogP contribution in [-0.2, 0) is 11.2 Å². The maximum Gasteiger partial charge on any atom is 0.269 e. The van der Waals surface area contributed by atoms with Crippen molar-refractivity contribution in [1.82, 2.24) is 9.88 Å². The third-order valence-electron chi connectivity index (χ3n) is 4.92. The maximum atomic E-state index is 12.6. The molecule has 168 valence electrons. The van der Waals surface area contributed by atoms with E-state index in [0.29, 0.717) is 35.8 Å². The Morgan fingerprint density at radius 3 is 2.52 bits per heavy atom. The molecule has 0 bridgehead atoms. The number of carbonyl (C=O) groups excluding carboxylic acids is 1. The highest BCUT2D eigenvalue weighted by atomic mass is 16.6. The van der Waals surface area contributed by atoms with Crippen LogP contribution in [0.5, 0.6) is 11.5 Å². The Morgan fingerprint density at radius 2 is 1.88 bits per heavy atom. The van der Waals surface area contributed by atoms with Crippen LogP contribution >= 0.6 is 0 Å². The molecular weight excluding hydrogens is 424 g/mol. The standard InChI is InChI=1S/C24H22N4O5/c1-32-22-10-5-17(14-23(22)33-2)11-12-26-24(29)18(16-25)15-21-4-3-13-27(21)19-6-8-20(9-7-19)28(30)31/h3-10,13-15H,11-12H2,1-2H3,(H,26,29)/b18-15+. The van der Waals surface area contributed by atoms with Crippen LogP contribution < -0.4 is 14.8 Å². The second kappa shape index (κ2) is 10.6. The van der Waals surface area contributed by atoms with Gasteiger partial charge in [0.15, 0.2) is 11.5 Å². The average Bonchev–Trinajstić information content (AvgIpc) is 3.30. The van der Waals surface area contributed by atoms with Crippen LogP contribution in [-0.4, -0.2) is 36.2 Å². The van der Waals surface area contributed by atoms with Crippen molar-refractivity contribution in [3.63, 3.8) is 0 Å². The first-order valence-corrected chi connectivity index (χ1v) is 10.00. The Bertz CT molecular complexity index is 1220. The highest BCUT2D eigenvalue weighted by molar-refractivity contribution is 6.01. The molecule has 1 N–H and O–H groups in total. The predicted octanol–water partition coefficient (Wildman–Crippen LogP) is 3.67. The number of hydrogen-bond acceptors (Lipinski definition) is 6. The number of rotatable bonds is 9. The van der Waals surface area contributed by atoms with Gasteiger partial charge in [-0.2, -0.15) is 5.26 Å². The molecule has 2 aromatic carbocycles.